The van der Waals surface area contributed by atoms with Crippen LogP contribution in [0.15, 0.2) is 0 Å². The fourth-order valence-corrected chi connectivity index (χ4v) is 1.24. The number of aliphatic hydroxyl groups is 1. The van der Waals surface area contributed by atoms with Gasteiger partial charge in [0.1, 0.15) is 11.4 Å². The number of esters is 1. The van der Waals surface area contributed by atoms with Crippen molar-refractivity contribution >= 4 is 17.7 Å². The zero-order chi connectivity index (χ0) is 13.9. The van der Waals surface area contributed by atoms with Gasteiger partial charge in [0.25, 0.3) is 0 Å². The topological polar surface area (TPSA) is 101 Å². The molecular weight excluding hydrogens is 228 g/mol. The van der Waals surface area contributed by atoms with E-state index in [4.69, 9.17) is 9.84 Å². The van der Waals surface area contributed by atoms with Crippen LogP contribution in [0.5, 0.6) is 0 Å². The molecule has 0 saturated carbocycles. The molecule has 6 nitrogen and oxygen atoms in total. The van der Waals surface area contributed by atoms with Crippen molar-refractivity contribution < 1.29 is 29.3 Å². The fourth-order valence-electron chi connectivity index (χ4n) is 1.24. The van der Waals surface area contributed by atoms with Crippen molar-refractivity contribution in [1.29, 1.82) is 0 Å². The average molecular weight is 246 g/mol. The highest BCUT2D eigenvalue weighted by atomic mass is 16.6. The van der Waals surface area contributed by atoms with Crippen molar-refractivity contribution in [3.8, 4) is 0 Å². The van der Waals surface area contributed by atoms with E-state index in [9.17, 15) is 19.5 Å². The molecule has 0 aromatic rings. The summed E-state index contributed by atoms with van der Waals surface area (Å²) in [6.45, 7) is 6.00. The summed E-state index contributed by atoms with van der Waals surface area (Å²) in [5, 5.41) is 18.5. The first-order chi connectivity index (χ1) is 7.46. The van der Waals surface area contributed by atoms with Crippen LogP contribution in [0.4, 0.5) is 0 Å². The lowest BCUT2D eigenvalue weighted by atomic mass is 9.93. The zero-order valence-corrected chi connectivity index (χ0v) is 10.4. The molecule has 2 N–H and O–H groups in total. The summed E-state index contributed by atoms with van der Waals surface area (Å²) >= 11 is 0. The zero-order valence-electron chi connectivity index (χ0n) is 10.4. The van der Waals surface area contributed by atoms with Crippen molar-refractivity contribution in [2.24, 2.45) is 0 Å². The monoisotopic (exact) mass is 246 g/mol. The number of aliphatic carboxylic acids is 1. The molecule has 0 radical (unpaired) electrons. The maximum Gasteiger partial charge on any atom is 0.336 e. The molecule has 0 aromatic carbocycles. The van der Waals surface area contributed by atoms with Gasteiger partial charge in [0.05, 0.1) is 6.42 Å². The van der Waals surface area contributed by atoms with E-state index in [2.05, 4.69) is 0 Å². The van der Waals surface area contributed by atoms with Crippen molar-refractivity contribution in [2.75, 3.05) is 0 Å². The van der Waals surface area contributed by atoms with Gasteiger partial charge >= 0.3 is 11.9 Å². The van der Waals surface area contributed by atoms with E-state index in [1.54, 1.807) is 20.8 Å². The van der Waals surface area contributed by atoms with Gasteiger partial charge in [-0.3, -0.25) is 9.59 Å². The van der Waals surface area contributed by atoms with Crippen LogP contribution in [0.3, 0.4) is 0 Å². The number of ketones is 1. The van der Waals surface area contributed by atoms with Gasteiger partial charge in [0.2, 0.25) is 0 Å². The first-order valence-electron chi connectivity index (χ1n) is 5.13. The Balaban J connectivity index is 4.72. The van der Waals surface area contributed by atoms with Gasteiger partial charge in [0.15, 0.2) is 5.60 Å². The number of Topliss-reactive ketones (excluding diaryl/α,β-unsaturated/α-hetero) is 1. The molecule has 0 spiro atoms. The van der Waals surface area contributed by atoms with Gasteiger partial charge in [-0.1, -0.05) is 0 Å². The molecule has 0 bridgehead atoms. The molecule has 0 saturated heterocycles. The van der Waals surface area contributed by atoms with Crippen molar-refractivity contribution in [1.82, 2.24) is 0 Å². The number of carbonyl (C=O) groups excluding carboxylic acids is 2. The van der Waals surface area contributed by atoms with E-state index >= 15 is 0 Å². The Labute approximate surface area is 99.6 Å². The van der Waals surface area contributed by atoms with Gasteiger partial charge in [0, 0.05) is 6.42 Å². The third kappa shape index (κ3) is 6.01. The largest absolute Gasteiger partial charge is 0.479 e. The van der Waals surface area contributed by atoms with E-state index in [-0.39, 0.29) is 0 Å². The molecule has 98 valence electrons. The Morgan fingerprint density at radius 3 is 1.88 bits per heavy atom. The summed E-state index contributed by atoms with van der Waals surface area (Å²) in [5.74, 6) is -2.99. The predicted molar refractivity (Wildman–Crippen MR) is 58.3 cm³/mol. The van der Waals surface area contributed by atoms with Crippen LogP contribution in [-0.2, 0) is 19.1 Å². The average Bonchev–Trinajstić information content (AvgIpc) is 1.96. The second-order valence-corrected chi connectivity index (χ2v) is 4.98. The molecule has 0 aliphatic heterocycles. The van der Waals surface area contributed by atoms with Crippen LogP contribution in [0, 0.1) is 0 Å². The van der Waals surface area contributed by atoms with Crippen LogP contribution in [0.25, 0.3) is 0 Å². The van der Waals surface area contributed by atoms with Gasteiger partial charge in [-0.05, 0) is 27.7 Å². The van der Waals surface area contributed by atoms with Crippen molar-refractivity contribution in [3.05, 3.63) is 0 Å². The number of carboxylic acid groups (broad SMARTS) is 1. The highest BCUT2D eigenvalue weighted by Crippen LogP contribution is 2.19. The Hall–Kier alpha value is -1.43. The van der Waals surface area contributed by atoms with Crippen molar-refractivity contribution in [3.63, 3.8) is 0 Å². The Kier molecular flexibility index (Phi) is 4.82. The molecule has 0 rings (SSSR count). The second kappa shape index (κ2) is 5.27. The van der Waals surface area contributed by atoms with Crippen LogP contribution in [0.2, 0.25) is 0 Å². The molecular formula is C11H18O6. The molecule has 1 unspecified atom stereocenters. The first-order valence-corrected chi connectivity index (χ1v) is 5.13. The normalized spacial score (nSPS) is 14.9. The standard InChI is InChI=1S/C11H18O6/c1-7(12)5-11(16,9(14)15)6-8(13)17-10(2,3)4/h16H,5-6H2,1-4H3,(H,14,15). The molecule has 6 heteroatoms. The SMILES string of the molecule is CC(=O)CC(O)(CC(=O)OC(C)(C)C)C(=O)O. The highest BCUT2D eigenvalue weighted by molar-refractivity contribution is 5.90. The quantitative estimate of drug-likeness (QED) is 0.685. The Morgan fingerprint density at radius 2 is 1.59 bits per heavy atom. The molecule has 0 aromatic heterocycles. The van der Waals surface area contributed by atoms with E-state index in [1.165, 1.54) is 0 Å². The second-order valence-electron chi connectivity index (χ2n) is 4.98. The van der Waals surface area contributed by atoms with E-state index < -0.39 is 41.8 Å². The van der Waals surface area contributed by atoms with E-state index in [1.807, 2.05) is 0 Å². The fraction of sp³-hybridized carbons (Fsp3) is 0.727. The van der Waals surface area contributed by atoms with E-state index in [0.29, 0.717) is 0 Å². The summed E-state index contributed by atoms with van der Waals surface area (Å²) in [6.07, 6.45) is -1.37. The van der Waals surface area contributed by atoms with E-state index in [0.717, 1.165) is 6.92 Å². The number of hydrogen-bond acceptors (Lipinski definition) is 5. The lowest BCUT2D eigenvalue weighted by molar-refractivity contribution is -0.173. The third-order valence-electron chi connectivity index (χ3n) is 1.80. The van der Waals surface area contributed by atoms with Crippen LogP contribution in [0.1, 0.15) is 40.5 Å². The lowest BCUT2D eigenvalue weighted by Gasteiger charge is -2.24. The molecule has 17 heavy (non-hydrogen) atoms. The molecule has 0 fully saturated rings. The maximum atomic E-state index is 11.4. The minimum atomic E-state index is -2.39. The Bertz CT molecular complexity index is 327. The lowest BCUT2D eigenvalue weighted by Crippen LogP contribution is -2.43. The minimum Gasteiger partial charge on any atom is -0.479 e. The summed E-state index contributed by atoms with van der Waals surface area (Å²) in [4.78, 5) is 33.1. The summed E-state index contributed by atoms with van der Waals surface area (Å²) in [6, 6.07) is 0. The molecule has 0 aliphatic carbocycles. The number of carboxylic acids is 1. The molecule has 0 amide bonds. The molecule has 0 aliphatic rings. The highest BCUT2D eigenvalue weighted by Gasteiger charge is 2.40. The molecule has 1 atom stereocenters. The summed E-state index contributed by atoms with van der Waals surface area (Å²) in [5.41, 5.74) is -3.17. The third-order valence-corrected chi connectivity index (χ3v) is 1.80. The minimum absolute atomic E-state index is 0.515. The van der Waals surface area contributed by atoms with Gasteiger partial charge in [-0.25, -0.2) is 4.79 Å². The number of hydrogen-bond donors (Lipinski definition) is 2. The Morgan fingerprint density at radius 1 is 1.12 bits per heavy atom. The van der Waals surface area contributed by atoms with Crippen LogP contribution >= 0.6 is 0 Å². The van der Waals surface area contributed by atoms with Gasteiger partial charge in [-0.15, -0.1) is 0 Å². The van der Waals surface area contributed by atoms with Crippen LogP contribution < -0.4 is 0 Å². The number of ether oxygens (including phenoxy) is 1. The van der Waals surface area contributed by atoms with Crippen molar-refractivity contribution in [2.45, 2.75) is 51.7 Å². The van der Waals surface area contributed by atoms with Gasteiger partial charge < -0.3 is 14.9 Å². The smallest absolute Gasteiger partial charge is 0.336 e. The predicted octanol–water partition coefficient (Wildman–Crippen LogP) is 0.513. The summed E-state index contributed by atoms with van der Waals surface area (Å²) in [7, 11) is 0. The first kappa shape index (κ1) is 15.6. The maximum absolute atomic E-state index is 11.4. The van der Waals surface area contributed by atoms with Gasteiger partial charge in [-0.2, -0.15) is 0 Å². The summed E-state index contributed by atoms with van der Waals surface area (Å²) < 4.78 is 4.89. The number of rotatable bonds is 5. The van der Waals surface area contributed by atoms with Crippen LogP contribution in [-0.4, -0.2) is 39.1 Å². The number of carbonyl (C=O) groups is 3. The molecule has 0 heterocycles.